The number of benzene rings is 4. The zero-order valence-corrected chi connectivity index (χ0v) is 24.1. The van der Waals surface area contributed by atoms with Crippen molar-refractivity contribution in [3.63, 3.8) is 0 Å². The van der Waals surface area contributed by atoms with E-state index >= 15 is 0 Å². The second-order valence-corrected chi connectivity index (χ2v) is 12.1. The number of nitrogens with one attached hydrogen (secondary N) is 1. The van der Waals surface area contributed by atoms with E-state index in [0.29, 0.717) is 10.2 Å². The van der Waals surface area contributed by atoms with E-state index in [-0.39, 0.29) is 30.2 Å². The van der Waals surface area contributed by atoms with Gasteiger partial charge in [-0.2, -0.15) is 4.31 Å². The Hall–Kier alpha value is -3.73. The second kappa shape index (κ2) is 11.8. The van der Waals surface area contributed by atoms with Crippen molar-refractivity contribution < 1.29 is 27.5 Å². The summed E-state index contributed by atoms with van der Waals surface area (Å²) in [7, 11) is -4.21. The monoisotopic (exact) mass is 622 g/mol. The highest BCUT2D eigenvalue weighted by Gasteiger charge is 2.42. The molecule has 8 nitrogen and oxygen atoms in total. The van der Waals surface area contributed by atoms with Crippen molar-refractivity contribution in [1.82, 2.24) is 4.31 Å². The van der Waals surface area contributed by atoms with Gasteiger partial charge in [0.15, 0.2) is 6.61 Å². The molecule has 1 heterocycles. The fourth-order valence-electron chi connectivity index (χ4n) is 4.73. The minimum Gasteiger partial charge on any atom is -0.492 e. The minimum absolute atomic E-state index is 0.0281. The molecule has 4 aromatic rings. The summed E-state index contributed by atoms with van der Waals surface area (Å²) in [5, 5.41) is 4.72. The number of rotatable bonds is 8. The molecule has 0 aliphatic carbocycles. The third-order valence-corrected chi connectivity index (χ3v) is 9.02. The molecule has 0 aromatic heterocycles. The van der Waals surface area contributed by atoms with Crippen molar-refractivity contribution in [2.75, 3.05) is 18.5 Å². The molecule has 206 valence electrons. The standard InChI is InChI=1S/C30H27BrN2O6S/c1-2-38-27-14-12-24(31)17-28(27)40(36,37)33-18-23-10-6-5-9-22(23)16-26(33)30(35)39-19-29(34)32-25-13-11-20-7-3-4-8-21(20)15-25/h3-15,17,26H,2,16,18-19H2,1H3,(H,32,34). The van der Waals surface area contributed by atoms with E-state index in [2.05, 4.69) is 21.2 Å². The van der Waals surface area contributed by atoms with E-state index in [9.17, 15) is 18.0 Å². The number of nitrogens with zero attached hydrogens (tertiary/aromatic N) is 1. The van der Waals surface area contributed by atoms with Crippen molar-refractivity contribution >= 4 is 54.3 Å². The lowest BCUT2D eigenvalue weighted by atomic mass is 9.96. The van der Waals surface area contributed by atoms with Crippen LogP contribution in [0.15, 0.2) is 94.3 Å². The zero-order valence-electron chi connectivity index (χ0n) is 21.7. The quantitative estimate of drug-likeness (QED) is 0.268. The van der Waals surface area contributed by atoms with E-state index < -0.39 is 34.5 Å². The highest BCUT2D eigenvalue weighted by atomic mass is 79.9. The van der Waals surface area contributed by atoms with Crippen LogP contribution in [0.4, 0.5) is 5.69 Å². The molecule has 10 heteroatoms. The number of sulfonamides is 1. The number of amides is 1. The molecule has 1 atom stereocenters. The molecular weight excluding hydrogens is 596 g/mol. The number of carbonyl (C=O) groups excluding carboxylic acids is 2. The first-order valence-electron chi connectivity index (χ1n) is 12.7. The molecule has 0 saturated heterocycles. The third kappa shape index (κ3) is 5.89. The number of fused-ring (bicyclic) bond motifs is 2. The van der Waals surface area contributed by atoms with Crippen LogP contribution in [0.5, 0.6) is 5.75 Å². The van der Waals surface area contributed by atoms with Crippen molar-refractivity contribution in [1.29, 1.82) is 0 Å². The Morgan fingerprint density at radius 3 is 2.45 bits per heavy atom. The fraction of sp³-hybridized carbons (Fsp3) is 0.200. The number of esters is 1. The van der Waals surface area contributed by atoms with Gasteiger partial charge >= 0.3 is 5.97 Å². The van der Waals surface area contributed by atoms with E-state index in [4.69, 9.17) is 9.47 Å². The van der Waals surface area contributed by atoms with Gasteiger partial charge in [0.25, 0.3) is 5.91 Å². The predicted molar refractivity (Wildman–Crippen MR) is 156 cm³/mol. The van der Waals surface area contributed by atoms with Crippen LogP contribution in [0.25, 0.3) is 10.8 Å². The van der Waals surface area contributed by atoms with Crippen molar-refractivity contribution in [3.8, 4) is 5.75 Å². The summed E-state index contributed by atoms with van der Waals surface area (Å²) in [4.78, 5) is 25.9. The maximum Gasteiger partial charge on any atom is 0.325 e. The van der Waals surface area contributed by atoms with Crippen LogP contribution >= 0.6 is 15.9 Å². The average molecular weight is 624 g/mol. The molecule has 0 bridgehead atoms. The first-order valence-corrected chi connectivity index (χ1v) is 15.0. The molecule has 1 unspecified atom stereocenters. The Morgan fingerprint density at radius 1 is 0.950 bits per heavy atom. The average Bonchev–Trinajstić information content (AvgIpc) is 2.96. The van der Waals surface area contributed by atoms with Crippen LogP contribution in [0.3, 0.4) is 0 Å². The normalized spacial score (nSPS) is 15.3. The number of ether oxygens (including phenoxy) is 2. The van der Waals surface area contributed by atoms with Gasteiger partial charge in [-0.3, -0.25) is 9.59 Å². The van der Waals surface area contributed by atoms with Gasteiger partial charge in [-0.25, -0.2) is 8.42 Å². The maximum atomic E-state index is 14.0. The van der Waals surface area contributed by atoms with Crippen molar-refractivity contribution in [2.24, 2.45) is 0 Å². The molecule has 1 amide bonds. The largest absolute Gasteiger partial charge is 0.492 e. The first-order chi connectivity index (χ1) is 19.3. The summed E-state index contributed by atoms with van der Waals surface area (Å²) in [5.74, 6) is -1.15. The van der Waals surface area contributed by atoms with Gasteiger partial charge in [0.05, 0.1) is 6.61 Å². The van der Waals surface area contributed by atoms with E-state index in [1.165, 1.54) is 6.07 Å². The Labute approximate surface area is 241 Å². The summed E-state index contributed by atoms with van der Waals surface area (Å²) in [6, 6.07) is 24.1. The molecular formula is C30H27BrN2O6S. The Bertz CT molecular complexity index is 1690. The molecule has 1 aliphatic rings. The molecule has 0 fully saturated rings. The summed E-state index contributed by atoms with van der Waals surface area (Å²) < 4.78 is 40.6. The molecule has 0 saturated carbocycles. The lowest BCUT2D eigenvalue weighted by Gasteiger charge is -2.34. The Kier molecular flexibility index (Phi) is 8.20. The number of halogens is 1. The van der Waals surface area contributed by atoms with Crippen LogP contribution in [-0.2, 0) is 37.3 Å². The molecule has 0 spiro atoms. The predicted octanol–water partition coefficient (Wildman–Crippen LogP) is 5.30. The van der Waals surface area contributed by atoms with Gasteiger partial charge in [-0.15, -0.1) is 0 Å². The highest BCUT2D eigenvalue weighted by Crippen LogP contribution is 2.35. The smallest absolute Gasteiger partial charge is 0.325 e. The molecule has 4 aromatic carbocycles. The summed E-state index contributed by atoms with van der Waals surface area (Å²) >= 11 is 3.34. The van der Waals surface area contributed by atoms with E-state index in [1.54, 1.807) is 25.1 Å². The third-order valence-electron chi connectivity index (χ3n) is 6.65. The Balaban J connectivity index is 1.37. The second-order valence-electron chi connectivity index (χ2n) is 9.28. The van der Waals surface area contributed by atoms with Gasteiger partial charge < -0.3 is 14.8 Å². The summed E-state index contributed by atoms with van der Waals surface area (Å²) in [6.07, 6.45) is 0.110. The number of anilines is 1. The fourth-order valence-corrected chi connectivity index (χ4v) is 6.96. The summed E-state index contributed by atoms with van der Waals surface area (Å²) in [6.45, 7) is 1.45. The van der Waals surface area contributed by atoms with Crippen LogP contribution in [0.1, 0.15) is 18.1 Å². The Morgan fingerprint density at radius 2 is 1.68 bits per heavy atom. The van der Waals surface area contributed by atoms with Crippen molar-refractivity contribution in [3.05, 3.63) is 101 Å². The van der Waals surface area contributed by atoms with Crippen LogP contribution in [0, 0.1) is 0 Å². The van der Waals surface area contributed by atoms with E-state index in [0.717, 1.165) is 26.2 Å². The number of carbonyl (C=O) groups is 2. The molecule has 5 rings (SSSR count). The SMILES string of the molecule is CCOc1ccc(Br)cc1S(=O)(=O)N1Cc2ccccc2CC1C(=O)OCC(=O)Nc1ccc2ccccc2c1. The maximum absolute atomic E-state index is 14.0. The van der Waals surface area contributed by atoms with Crippen LogP contribution in [0.2, 0.25) is 0 Å². The number of hydrogen-bond donors (Lipinski definition) is 1. The van der Waals surface area contributed by atoms with Gasteiger partial charge in [0, 0.05) is 23.1 Å². The minimum atomic E-state index is -4.21. The van der Waals surface area contributed by atoms with Crippen molar-refractivity contribution in [2.45, 2.75) is 30.8 Å². The first kappa shape index (κ1) is 27.8. The molecule has 40 heavy (non-hydrogen) atoms. The van der Waals surface area contributed by atoms with Gasteiger partial charge in [0.1, 0.15) is 16.7 Å². The van der Waals surface area contributed by atoms with Gasteiger partial charge in [0.2, 0.25) is 10.0 Å². The lowest BCUT2D eigenvalue weighted by molar-refractivity contribution is -0.151. The number of hydrogen-bond acceptors (Lipinski definition) is 6. The zero-order chi connectivity index (χ0) is 28.3. The lowest BCUT2D eigenvalue weighted by Crippen LogP contribution is -2.49. The highest BCUT2D eigenvalue weighted by molar-refractivity contribution is 9.10. The molecule has 1 N–H and O–H groups in total. The molecule has 0 radical (unpaired) electrons. The molecule has 1 aliphatic heterocycles. The van der Waals surface area contributed by atoms with E-state index in [1.807, 2.05) is 60.7 Å². The topological polar surface area (TPSA) is 102 Å². The summed E-state index contributed by atoms with van der Waals surface area (Å²) in [5.41, 5.74) is 2.20. The van der Waals surface area contributed by atoms with Crippen LogP contribution < -0.4 is 10.1 Å². The van der Waals surface area contributed by atoms with Gasteiger partial charge in [-0.05, 0) is 59.2 Å². The van der Waals surface area contributed by atoms with Gasteiger partial charge in [-0.1, -0.05) is 70.5 Å². The van der Waals surface area contributed by atoms with Crippen LogP contribution in [-0.4, -0.2) is 43.9 Å².